The molecule has 94 valence electrons. The lowest BCUT2D eigenvalue weighted by molar-refractivity contribution is -0.138. The fourth-order valence-corrected chi connectivity index (χ4v) is 1.34. The van der Waals surface area contributed by atoms with E-state index >= 15 is 0 Å². The maximum atomic E-state index is 12.6. The molecule has 0 aliphatic heterocycles. The molecule has 0 radical (unpaired) electrons. The lowest BCUT2D eigenvalue weighted by Crippen LogP contribution is -2.13. The molecule has 0 bridgehead atoms. The average Bonchev–Trinajstić information content (AvgIpc) is 2.24. The summed E-state index contributed by atoms with van der Waals surface area (Å²) >= 11 is 0. The van der Waals surface area contributed by atoms with Crippen molar-refractivity contribution in [1.29, 1.82) is 0 Å². The highest BCUT2D eigenvalue weighted by Crippen LogP contribution is 2.33. The van der Waals surface area contributed by atoms with Crippen molar-refractivity contribution >= 4 is 11.7 Å². The molecule has 17 heavy (non-hydrogen) atoms. The summed E-state index contributed by atoms with van der Waals surface area (Å²) in [6.07, 6.45) is -3.90. The Morgan fingerprint density at radius 2 is 2.06 bits per heavy atom. The van der Waals surface area contributed by atoms with E-state index in [-0.39, 0.29) is 5.69 Å². The number of carboxylic acids is 1. The zero-order valence-electron chi connectivity index (χ0n) is 9.14. The SMILES string of the molecule is CCCNc1ccc(C(=O)O)c(C(F)(F)F)c1. The van der Waals surface area contributed by atoms with Crippen LogP contribution >= 0.6 is 0 Å². The molecule has 0 spiro atoms. The Morgan fingerprint density at radius 3 is 2.53 bits per heavy atom. The van der Waals surface area contributed by atoms with Gasteiger partial charge >= 0.3 is 12.1 Å². The van der Waals surface area contributed by atoms with Crippen molar-refractivity contribution in [3.63, 3.8) is 0 Å². The second kappa shape index (κ2) is 5.07. The van der Waals surface area contributed by atoms with Gasteiger partial charge in [-0.25, -0.2) is 4.79 Å². The average molecular weight is 247 g/mol. The van der Waals surface area contributed by atoms with Crippen LogP contribution in [0.25, 0.3) is 0 Å². The first kappa shape index (κ1) is 13.3. The summed E-state index contributed by atoms with van der Waals surface area (Å²) in [5.74, 6) is -1.58. The summed E-state index contributed by atoms with van der Waals surface area (Å²) < 4.78 is 37.9. The molecule has 0 amide bonds. The summed E-state index contributed by atoms with van der Waals surface area (Å²) in [4.78, 5) is 10.7. The molecule has 0 aliphatic rings. The number of anilines is 1. The van der Waals surface area contributed by atoms with E-state index in [2.05, 4.69) is 5.32 Å². The maximum Gasteiger partial charge on any atom is 0.417 e. The highest BCUT2D eigenvalue weighted by Gasteiger charge is 2.35. The third-order valence-corrected chi connectivity index (χ3v) is 2.13. The third kappa shape index (κ3) is 3.37. The number of benzene rings is 1. The zero-order chi connectivity index (χ0) is 13.1. The summed E-state index contributed by atoms with van der Waals surface area (Å²) in [5, 5.41) is 11.5. The van der Waals surface area contributed by atoms with Crippen LogP contribution in [-0.2, 0) is 6.18 Å². The highest BCUT2D eigenvalue weighted by atomic mass is 19.4. The molecule has 0 saturated carbocycles. The smallest absolute Gasteiger partial charge is 0.417 e. The van der Waals surface area contributed by atoms with Crippen LogP contribution in [0.1, 0.15) is 29.3 Å². The van der Waals surface area contributed by atoms with E-state index in [1.807, 2.05) is 6.92 Å². The minimum absolute atomic E-state index is 0.268. The van der Waals surface area contributed by atoms with Crippen molar-refractivity contribution in [2.24, 2.45) is 0 Å². The predicted molar refractivity (Wildman–Crippen MR) is 57.2 cm³/mol. The number of rotatable bonds is 4. The van der Waals surface area contributed by atoms with Crippen LogP contribution < -0.4 is 5.32 Å². The summed E-state index contributed by atoms with van der Waals surface area (Å²) in [5.41, 5.74) is -1.60. The van der Waals surface area contributed by atoms with Gasteiger partial charge in [-0.3, -0.25) is 0 Å². The lowest BCUT2D eigenvalue weighted by atomic mass is 10.1. The molecule has 2 N–H and O–H groups in total. The Bertz CT molecular complexity index is 416. The molecule has 0 fully saturated rings. The maximum absolute atomic E-state index is 12.6. The second-order valence-corrected chi connectivity index (χ2v) is 3.49. The minimum Gasteiger partial charge on any atom is -0.478 e. The molecular formula is C11H12F3NO2. The second-order valence-electron chi connectivity index (χ2n) is 3.49. The van der Waals surface area contributed by atoms with Crippen LogP contribution in [-0.4, -0.2) is 17.6 Å². The number of aromatic carboxylic acids is 1. The first-order valence-electron chi connectivity index (χ1n) is 5.04. The Balaban J connectivity index is 3.15. The van der Waals surface area contributed by atoms with Crippen LogP contribution in [0.3, 0.4) is 0 Å². The summed E-state index contributed by atoms with van der Waals surface area (Å²) in [7, 11) is 0. The zero-order valence-corrected chi connectivity index (χ0v) is 9.14. The molecule has 1 aromatic carbocycles. The monoisotopic (exact) mass is 247 g/mol. The molecule has 0 heterocycles. The number of carboxylic acid groups (broad SMARTS) is 1. The number of alkyl halides is 3. The molecular weight excluding hydrogens is 235 g/mol. The number of hydrogen-bond acceptors (Lipinski definition) is 2. The van der Waals surface area contributed by atoms with Gasteiger partial charge in [-0.05, 0) is 24.6 Å². The lowest BCUT2D eigenvalue weighted by Gasteiger charge is -2.13. The van der Waals surface area contributed by atoms with Crippen molar-refractivity contribution in [1.82, 2.24) is 0 Å². The van der Waals surface area contributed by atoms with Crippen LogP contribution in [0.4, 0.5) is 18.9 Å². The van der Waals surface area contributed by atoms with Crippen molar-refractivity contribution in [3.8, 4) is 0 Å². The van der Waals surface area contributed by atoms with Gasteiger partial charge in [-0.15, -0.1) is 0 Å². The topological polar surface area (TPSA) is 49.3 Å². The number of hydrogen-bond donors (Lipinski definition) is 2. The third-order valence-electron chi connectivity index (χ3n) is 2.13. The highest BCUT2D eigenvalue weighted by molar-refractivity contribution is 5.90. The number of halogens is 3. The van der Waals surface area contributed by atoms with E-state index < -0.39 is 23.3 Å². The van der Waals surface area contributed by atoms with Crippen LogP contribution in [0.15, 0.2) is 18.2 Å². The van der Waals surface area contributed by atoms with E-state index in [1.165, 1.54) is 6.07 Å². The van der Waals surface area contributed by atoms with E-state index in [9.17, 15) is 18.0 Å². The fourth-order valence-electron chi connectivity index (χ4n) is 1.34. The minimum atomic E-state index is -4.67. The Labute approximate surface area is 96.3 Å². The number of nitrogens with one attached hydrogen (secondary N) is 1. The standard InChI is InChI=1S/C11H12F3NO2/c1-2-5-15-7-3-4-8(10(16)17)9(6-7)11(12,13)14/h3-4,6,15H,2,5H2,1H3,(H,16,17). The van der Waals surface area contributed by atoms with E-state index in [0.29, 0.717) is 6.54 Å². The van der Waals surface area contributed by atoms with Crippen molar-refractivity contribution in [2.45, 2.75) is 19.5 Å². The van der Waals surface area contributed by atoms with Gasteiger partial charge in [0.25, 0.3) is 0 Å². The van der Waals surface area contributed by atoms with Crippen molar-refractivity contribution in [2.75, 3.05) is 11.9 Å². The van der Waals surface area contributed by atoms with E-state index in [1.54, 1.807) is 0 Å². The molecule has 6 heteroatoms. The molecule has 0 unspecified atom stereocenters. The van der Waals surface area contributed by atoms with Gasteiger partial charge < -0.3 is 10.4 Å². The van der Waals surface area contributed by atoms with E-state index in [4.69, 9.17) is 5.11 Å². The molecule has 1 aromatic rings. The van der Waals surface area contributed by atoms with Crippen LogP contribution in [0.2, 0.25) is 0 Å². The van der Waals surface area contributed by atoms with E-state index in [0.717, 1.165) is 18.6 Å². The molecule has 0 aromatic heterocycles. The van der Waals surface area contributed by atoms with Gasteiger partial charge in [0.1, 0.15) is 0 Å². The van der Waals surface area contributed by atoms with Gasteiger partial charge in [0.2, 0.25) is 0 Å². The predicted octanol–water partition coefficient (Wildman–Crippen LogP) is 3.23. The van der Waals surface area contributed by atoms with Gasteiger partial charge in [-0.1, -0.05) is 6.92 Å². The Morgan fingerprint density at radius 1 is 1.41 bits per heavy atom. The fraction of sp³-hybridized carbons (Fsp3) is 0.364. The molecule has 0 atom stereocenters. The molecule has 0 aliphatic carbocycles. The van der Waals surface area contributed by atoms with Gasteiger partial charge in [-0.2, -0.15) is 13.2 Å². The quantitative estimate of drug-likeness (QED) is 0.858. The van der Waals surface area contributed by atoms with Crippen molar-refractivity contribution in [3.05, 3.63) is 29.3 Å². The Kier molecular flexibility index (Phi) is 3.98. The normalized spacial score (nSPS) is 11.3. The van der Waals surface area contributed by atoms with Gasteiger partial charge in [0.15, 0.2) is 0 Å². The van der Waals surface area contributed by atoms with Crippen molar-refractivity contribution < 1.29 is 23.1 Å². The van der Waals surface area contributed by atoms with Gasteiger partial charge in [0.05, 0.1) is 11.1 Å². The molecule has 3 nitrogen and oxygen atoms in total. The summed E-state index contributed by atoms with van der Waals surface area (Å²) in [6, 6.07) is 3.11. The first-order valence-corrected chi connectivity index (χ1v) is 5.04. The van der Waals surface area contributed by atoms with Gasteiger partial charge in [0, 0.05) is 12.2 Å². The van der Waals surface area contributed by atoms with Crippen LogP contribution in [0, 0.1) is 0 Å². The van der Waals surface area contributed by atoms with Crippen LogP contribution in [0.5, 0.6) is 0 Å². The Hall–Kier alpha value is -1.72. The summed E-state index contributed by atoms with van der Waals surface area (Å²) in [6.45, 7) is 2.41. The largest absolute Gasteiger partial charge is 0.478 e. The molecule has 1 rings (SSSR count). The number of carbonyl (C=O) groups is 1. The first-order chi connectivity index (χ1) is 7.86. The molecule has 0 saturated heterocycles.